The third-order valence-electron chi connectivity index (χ3n) is 2.98. The molecule has 0 amide bonds. The van der Waals surface area contributed by atoms with Crippen molar-refractivity contribution in [1.29, 1.82) is 0 Å². The summed E-state index contributed by atoms with van der Waals surface area (Å²) in [6.07, 6.45) is 1.26. The van der Waals surface area contributed by atoms with E-state index in [1.165, 1.54) is 18.5 Å². The van der Waals surface area contributed by atoms with Crippen LogP contribution in [-0.2, 0) is 4.74 Å². The fourth-order valence-electron chi connectivity index (χ4n) is 2.15. The van der Waals surface area contributed by atoms with Crippen LogP contribution in [0.2, 0.25) is 0 Å². The standard InChI is InChI=1S/C13H26N2O/c1-11(2)14-7-12(3)8-15-6-5-13(9-15)10-16-4/h11,13-14H,3,5-10H2,1-2,4H3. The van der Waals surface area contributed by atoms with Crippen molar-refractivity contribution < 1.29 is 4.74 Å². The number of hydrogen-bond donors (Lipinski definition) is 1. The molecule has 0 aromatic heterocycles. The SMILES string of the molecule is C=C(CNC(C)C)CN1CCC(COC)C1. The minimum Gasteiger partial charge on any atom is -0.384 e. The number of nitrogens with zero attached hydrogens (tertiary/aromatic N) is 1. The Labute approximate surface area is 99.8 Å². The zero-order valence-corrected chi connectivity index (χ0v) is 11.0. The fraction of sp³-hybridized carbons (Fsp3) is 0.846. The average Bonchev–Trinajstić information content (AvgIpc) is 2.63. The van der Waals surface area contributed by atoms with E-state index in [1.807, 2.05) is 0 Å². The predicted octanol–water partition coefficient (Wildman–Crippen LogP) is 1.51. The van der Waals surface area contributed by atoms with Gasteiger partial charge < -0.3 is 10.1 Å². The van der Waals surface area contributed by atoms with Crippen molar-refractivity contribution in [2.24, 2.45) is 5.92 Å². The largest absolute Gasteiger partial charge is 0.384 e. The molecule has 1 saturated heterocycles. The maximum atomic E-state index is 5.20. The van der Waals surface area contributed by atoms with Gasteiger partial charge in [-0.25, -0.2) is 0 Å². The van der Waals surface area contributed by atoms with Crippen molar-refractivity contribution in [2.75, 3.05) is 39.9 Å². The van der Waals surface area contributed by atoms with Crippen LogP contribution in [0.5, 0.6) is 0 Å². The molecule has 1 heterocycles. The summed E-state index contributed by atoms with van der Waals surface area (Å²) in [7, 11) is 1.79. The minimum atomic E-state index is 0.538. The lowest BCUT2D eigenvalue weighted by molar-refractivity contribution is 0.154. The Hall–Kier alpha value is -0.380. The van der Waals surface area contributed by atoms with Crippen molar-refractivity contribution in [1.82, 2.24) is 10.2 Å². The third kappa shape index (κ3) is 5.10. The highest BCUT2D eigenvalue weighted by Gasteiger charge is 2.22. The van der Waals surface area contributed by atoms with Gasteiger partial charge in [0.2, 0.25) is 0 Å². The highest BCUT2D eigenvalue weighted by Crippen LogP contribution is 2.16. The number of hydrogen-bond acceptors (Lipinski definition) is 3. The predicted molar refractivity (Wildman–Crippen MR) is 68.7 cm³/mol. The molecule has 1 aliphatic heterocycles. The van der Waals surface area contributed by atoms with Gasteiger partial charge in [0.25, 0.3) is 0 Å². The molecule has 1 fully saturated rings. The second-order valence-corrected chi connectivity index (χ2v) is 5.13. The van der Waals surface area contributed by atoms with E-state index >= 15 is 0 Å². The Morgan fingerprint density at radius 1 is 1.56 bits per heavy atom. The van der Waals surface area contributed by atoms with Crippen LogP contribution in [0.15, 0.2) is 12.2 Å². The maximum absolute atomic E-state index is 5.20. The topological polar surface area (TPSA) is 24.5 Å². The van der Waals surface area contributed by atoms with E-state index < -0.39 is 0 Å². The van der Waals surface area contributed by atoms with Crippen LogP contribution in [-0.4, -0.2) is 50.8 Å². The molecule has 3 heteroatoms. The Morgan fingerprint density at radius 2 is 2.31 bits per heavy atom. The van der Waals surface area contributed by atoms with E-state index in [0.29, 0.717) is 6.04 Å². The molecule has 0 aromatic carbocycles. The first-order valence-corrected chi connectivity index (χ1v) is 6.23. The lowest BCUT2D eigenvalue weighted by Crippen LogP contribution is -2.30. The normalized spacial score (nSPS) is 21.9. The maximum Gasteiger partial charge on any atom is 0.0503 e. The van der Waals surface area contributed by atoms with Crippen LogP contribution in [0, 0.1) is 5.92 Å². The third-order valence-corrected chi connectivity index (χ3v) is 2.98. The Balaban J connectivity index is 2.15. The van der Waals surface area contributed by atoms with Gasteiger partial charge in [0.1, 0.15) is 0 Å². The van der Waals surface area contributed by atoms with Gasteiger partial charge in [-0.05, 0) is 24.5 Å². The van der Waals surface area contributed by atoms with Crippen LogP contribution in [0.4, 0.5) is 0 Å². The molecule has 0 spiro atoms. The first kappa shape index (κ1) is 13.7. The number of methoxy groups -OCH3 is 1. The summed E-state index contributed by atoms with van der Waals surface area (Å²) < 4.78 is 5.20. The summed E-state index contributed by atoms with van der Waals surface area (Å²) in [5.74, 6) is 0.718. The van der Waals surface area contributed by atoms with Crippen molar-refractivity contribution >= 4 is 0 Å². The van der Waals surface area contributed by atoms with Gasteiger partial charge >= 0.3 is 0 Å². The molecule has 1 unspecified atom stereocenters. The highest BCUT2D eigenvalue weighted by molar-refractivity contribution is 5.01. The van der Waals surface area contributed by atoms with Crippen molar-refractivity contribution in [3.8, 4) is 0 Å². The van der Waals surface area contributed by atoms with Crippen LogP contribution < -0.4 is 5.32 Å². The second-order valence-electron chi connectivity index (χ2n) is 5.13. The molecule has 1 N–H and O–H groups in total. The molecular formula is C13H26N2O. The molecule has 0 bridgehead atoms. The van der Waals surface area contributed by atoms with Crippen molar-refractivity contribution in [3.05, 3.63) is 12.2 Å². The lowest BCUT2D eigenvalue weighted by atomic mass is 10.1. The molecule has 1 aliphatic rings. The van der Waals surface area contributed by atoms with Gasteiger partial charge in [-0.1, -0.05) is 20.4 Å². The van der Waals surface area contributed by atoms with Gasteiger partial charge in [-0.15, -0.1) is 0 Å². The molecule has 0 aliphatic carbocycles. The van der Waals surface area contributed by atoms with E-state index in [-0.39, 0.29) is 0 Å². The van der Waals surface area contributed by atoms with Crippen molar-refractivity contribution in [2.45, 2.75) is 26.3 Å². The minimum absolute atomic E-state index is 0.538. The monoisotopic (exact) mass is 226 g/mol. The molecule has 94 valence electrons. The molecule has 3 nitrogen and oxygen atoms in total. The second kappa shape index (κ2) is 7.05. The molecule has 16 heavy (non-hydrogen) atoms. The van der Waals surface area contributed by atoms with E-state index in [0.717, 1.165) is 32.2 Å². The molecular weight excluding hydrogens is 200 g/mol. The molecule has 0 radical (unpaired) electrons. The van der Waals surface area contributed by atoms with E-state index in [1.54, 1.807) is 7.11 Å². The first-order chi connectivity index (χ1) is 7.61. The van der Waals surface area contributed by atoms with Gasteiger partial charge in [0.05, 0.1) is 6.61 Å². The molecule has 0 saturated carbocycles. The lowest BCUT2D eigenvalue weighted by Gasteiger charge is -2.18. The number of ether oxygens (including phenoxy) is 1. The number of rotatable bonds is 7. The number of nitrogens with one attached hydrogen (secondary N) is 1. The highest BCUT2D eigenvalue weighted by atomic mass is 16.5. The Kier molecular flexibility index (Phi) is 6.03. The van der Waals surface area contributed by atoms with Crippen LogP contribution in [0.3, 0.4) is 0 Å². The Bertz CT molecular complexity index is 216. The fourth-order valence-corrected chi connectivity index (χ4v) is 2.15. The summed E-state index contributed by atoms with van der Waals surface area (Å²) in [4.78, 5) is 2.48. The van der Waals surface area contributed by atoms with Crippen LogP contribution in [0.25, 0.3) is 0 Å². The molecule has 0 aromatic rings. The van der Waals surface area contributed by atoms with Gasteiger partial charge in [0.15, 0.2) is 0 Å². The zero-order chi connectivity index (χ0) is 12.0. The van der Waals surface area contributed by atoms with E-state index in [4.69, 9.17) is 4.74 Å². The average molecular weight is 226 g/mol. The summed E-state index contributed by atoms with van der Waals surface area (Å²) in [6.45, 7) is 13.7. The summed E-state index contributed by atoms with van der Waals surface area (Å²) >= 11 is 0. The quantitative estimate of drug-likeness (QED) is 0.666. The smallest absolute Gasteiger partial charge is 0.0503 e. The summed E-state index contributed by atoms with van der Waals surface area (Å²) in [5, 5.41) is 3.40. The zero-order valence-electron chi connectivity index (χ0n) is 11.0. The van der Waals surface area contributed by atoms with E-state index in [9.17, 15) is 0 Å². The molecule has 1 atom stereocenters. The van der Waals surface area contributed by atoms with Gasteiger partial charge in [-0.3, -0.25) is 4.90 Å². The van der Waals surface area contributed by atoms with E-state index in [2.05, 4.69) is 30.6 Å². The summed E-state index contributed by atoms with van der Waals surface area (Å²) in [6, 6.07) is 0.538. The number of likely N-dealkylation sites (tertiary alicyclic amines) is 1. The van der Waals surface area contributed by atoms with Crippen LogP contribution >= 0.6 is 0 Å². The molecule has 1 rings (SSSR count). The van der Waals surface area contributed by atoms with Crippen molar-refractivity contribution in [3.63, 3.8) is 0 Å². The first-order valence-electron chi connectivity index (χ1n) is 6.23. The van der Waals surface area contributed by atoms with Gasteiger partial charge in [0, 0.05) is 32.8 Å². The van der Waals surface area contributed by atoms with Crippen LogP contribution in [0.1, 0.15) is 20.3 Å². The van der Waals surface area contributed by atoms with Gasteiger partial charge in [-0.2, -0.15) is 0 Å². The Morgan fingerprint density at radius 3 is 2.94 bits per heavy atom. The summed E-state index contributed by atoms with van der Waals surface area (Å²) in [5.41, 5.74) is 1.28.